The summed E-state index contributed by atoms with van der Waals surface area (Å²) in [5.41, 5.74) is 1.95. The lowest BCUT2D eigenvalue weighted by Crippen LogP contribution is -2.58. The van der Waals surface area contributed by atoms with E-state index < -0.39 is 33.5 Å². The molecule has 0 spiro atoms. The fraction of sp³-hybridized carbons (Fsp3) is 0.472. The van der Waals surface area contributed by atoms with Gasteiger partial charge < -0.3 is 20.1 Å². The highest BCUT2D eigenvalue weighted by atomic mass is 32.2. The maximum Gasteiger partial charge on any atom is 0.416 e. The van der Waals surface area contributed by atoms with Crippen LogP contribution in [0.25, 0.3) is 0 Å². The molecule has 2 N–H and O–H groups in total. The van der Waals surface area contributed by atoms with Crippen molar-refractivity contribution in [1.29, 1.82) is 0 Å². The molecule has 2 fully saturated rings. The first-order valence-corrected chi connectivity index (χ1v) is 18.0. The molecule has 1 unspecified atom stereocenters. The van der Waals surface area contributed by atoms with Gasteiger partial charge in [-0.3, -0.25) is 9.69 Å². The second kappa shape index (κ2) is 14.6. The van der Waals surface area contributed by atoms with Gasteiger partial charge in [-0.1, -0.05) is 31.2 Å². The summed E-state index contributed by atoms with van der Waals surface area (Å²) < 4.78 is 69.8. The van der Waals surface area contributed by atoms with E-state index in [1.165, 1.54) is 12.1 Å². The first-order valence-electron chi connectivity index (χ1n) is 16.3. The number of hydrogen-bond acceptors (Lipinski definition) is 7. The molecule has 8 nitrogen and oxygen atoms in total. The zero-order valence-electron chi connectivity index (χ0n) is 27.5. The Morgan fingerprint density at radius 1 is 1.02 bits per heavy atom. The minimum Gasteiger partial charge on any atom is -0.394 e. The molecule has 1 amide bonds. The lowest BCUT2D eigenvalue weighted by Gasteiger charge is -2.48. The highest BCUT2D eigenvalue weighted by molar-refractivity contribution is 7.91. The number of halogens is 3. The molecule has 2 saturated heterocycles. The number of aliphatic hydroxyl groups is 1. The third-order valence-electron chi connectivity index (χ3n) is 9.63. The standard InChI is InChI=1S/C36H44F3N3O5S/c1-4-48(45,46)32-17-10-26(11-18-32)33(23-43)40-34(44)27-7-14-30(15-8-27)42-21-28(25-5-12-29(13-6-25)36(37,38)39)9-16-31(42)22-41-19-20-47-24-35(41,2)3/h5-8,10-15,17-18,28,31,33,43H,4,9,16,19-24H2,1-3H3,(H,40,44)/t28?,31-,33-/m0/s1. The molecule has 2 heterocycles. The molecular weight excluding hydrogens is 643 g/mol. The number of ether oxygens (including phenoxy) is 1. The summed E-state index contributed by atoms with van der Waals surface area (Å²) in [7, 11) is -3.37. The summed E-state index contributed by atoms with van der Waals surface area (Å²) in [6, 6.07) is 18.2. The van der Waals surface area contributed by atoms with E-state index in [9.17, 15) is 31.5 Å². The molecule has 12 heteroatoms. The zero-order valence-corrected chi connectivity index (χ0v) is 28.4. The molecule has 3 atom stereocenters. The van der Waals surface area contributed by atoms with Gasteiger partial charge >= 0.3 is 6.18 Å². The summed E-state index contributed by atoms with van der Waals surface area (Å²) in [6.07, 6.45) is -2.70. The fourth-order valence-corrected chi connectivity index (χ4v) is 7.47. The van der Waals surface area contributed by atoms with Gasteiger partial charge in [0.1, 0.15) is 0 Å². The fourth-order valence-electron chi connectivity index (χ4n) is 6.59. The van der Waals surface area contributed by atoms with E-state index >= 15 is 0 Å². The van der Waals surface area contributed by atoms with Gasteiger partial charge in [-0.05, 0) is 86.3 Å². The zero-order chi connectivity index (χ0) is 34.7. The highest BCUT2D eigenvalue weighted by Crippen LogP contribution is 2.37. The third kappa shape index (κ3) is 8.22. The van der Waals surface area contributed by atoms with Gasteiger partial charge in [0, 0.05) is 48.4 Å². The van der Waals surface area contributed by atoms with Crippen LogP contribution in [0, 0.1) is 0 Å². The average Bonchev–Trinajstić information content (AvgIpc) is 3.08. The topological polar surface area (TPSA) is 99.2 Å². The van der Waals surface area contributed by atoms with E-state index in [0.717, 1.165) is 49.3 Å². The van der Waals surface area contributed by atoms with Gasteiger partial charge in [0.05, 0.1) is 42.1 Å². The molecule has 3 aromatic rings. The Bertz CT molecular complexity index is 1650. The van der Waals surface area contributed by atoms with Crippen molar-refractivity contribution in [2.75, 3.05) is 50.1 Å². The summed E-state index contributed by atoms with van der Waals surface area (Å²) >= 11 is 0. The number of alkyl halides is 3. The van der Waals surface area contributed by atoms with Gasteiger partial charge in [0.25, 0.3) is 5.91 Å². The van der Waals surface area contributed by atoms with E-state index in [2.05, 4.69) is 29.0 Å². The van der Waals surface area contributed by atoms with Crippen molar-refractivity contribution in [1.82, 2.24) is 10.2 Å². The van der Waals surface area contributed by atoms with Crippen molar-refractivity contribution in [2.24, 2.45) is 0 Å². The van der Waals surface area contributed by atoms with Gasteiger partial charge in [-0.25, -0.2) is 8.42 Å². The minimum absolute atomic E-state index is 0.0262. The number of sulfone groups is 1. The molecule has 0 aliphatic carbocycles. The summed E-state index contributed by atoms with van der Waals surface area (Å²) in [5, 5.41) is 12.9. The lowest BCUT2D eigenvalue weighted by atomic mass is 9.85. The van der Waals surface area contributed by atoms with Crippen molar-refractivity contribution >= 4 is 21.4 Å². The van der Waals surface area contributed by atoms with Crippen molar-refractivity contribution in [3.8, 4) is 0 Å². The van der Waals surface area contributed by atoms with E-state index in [1.54, 1.807) is 43.3 Å². The van der Waals surface area contributed by atoms with Crippen molar-refractivity contribution in [3.05, 3.63) is 95.1 Å². The maximum atomic E-state index is 13.3. The Morgan fingerprint density at radius 2 is 1.69 bits per heavy atom. The number of morpholine rings is 1. The summed E-state index contributed by atoms with van der Waals surface area (Å²) in [5.74, 6) is -0.381. The van der Waals surface area contributed by atoms with Crippen LogP contribution in [-0.2, 0) is 20.8 Å². The number of nitrogens with zero attached hydrogens (tertiary/aromatic N) is 2. The van der Waals surface area contributed by atoms with Crippen LogP contribution in [-0.4, -0.2) is 81.1 Å². The summed E-state index contributed by atoms with van der Waals surface area (Å²) in [4.78, 5) is 18.2. The van der Waals surface area contributed by atoms with Crippen molar-refractivity contribution < 1.29 is 36.2 Å². The molecule has 2 aliphatic heterocycles. The first-order chi connectivity index (χ1) is 22.7. The number of carbonyl (C=O) groups is 1. The first kappa shape index (κ1) is 35.8. The Kier molecular flexibility index (Phi) is 10.9. The van der Waals surface area contributed by atoms with Crippen LogP contribution >= 0.6 is 0 Å². The number of carbonyl (C=O) groups excluding carboxylic acids is 1. The van der Waals surface area contributed by atoms with Gasteiger partial charge in [-0.2, -0.15) is 13.2 Å². The number of benzene rings is 3. The number of hydrogen-bond donors (Lipinski definition) is 2. The molecule has 260 valence electrons. The normalized spacial score (nSPS) is 21.1. The van der Waals surface area contributed by atoms with E-state index in [4.69, 9.17) is 4.74 Å². The molecular formula is C36H44F3N3O5S. The van der Waals surface area contributed by atoms with Crippen molar-refractivity contribution in [3.63, 3.8) is 0 Å². The Labute approximate surface area is 280 Å². The van der Waals surface area contributed by atoms with Gasteiger partial charge in [0.2, 0.25) is 0 Å². The molecule has 0 saturated carbocycles. The molecule has 0 aromatic heterocycles. The second-order valence-electron chi connectivity index (χ2n) is 13.2. The molecule has 3 aromatic carbocycles. The lowest BCUT2D eigenvalue weighted by molar-refractivity contribution is -0.137. The Hall–Kier alpha value is -3.45. The predicted octanol–water partition coefficient (Wildman–Crippen LogP) is 5.83. The molecule has 5 rings (SSSR count). The van der Waals surface area contributed by atoms with Crippen LogP contribution in [0.15, 0.2) is 77.7 Å². The molecule has 2 aliphatic rings. The van der Waals surface area contributed by atoms with Crippen LogP contribution in [0.2, 0.25) is 0 Å². The number of anilines is 1. The van der Waals surface area contributed by atoms with Crippen molar-refractivity contribution in [2.45, 2.75) is 68.2 Å². The number of nitrogens with one attached hydrogen (secondary N) is 1. The van der Waals surface area contributed by atoms with Crippen LogP contribution in [0.1, 0.15) is 72.6 Å². The quantitative estimate of drug-likeness (QED) is 0.277. The summed E-state index contributed by atoms with van der Waals surface area (Å²) in [6.45, 7) is 9.04. The Morgan fingerprint density at radius 3 is 2.27 bits per heavy atom. The van der Waals surface area contributed by atoms with Crippen LogP contribution in [0.3, 0.4) is 0 Å². The van der Waals surface area contributed by atoms with Crippen LogP contribution in [0.4, 0.5) is 18.9 Å². The van der Waals surface area contributed by atoms with Gasteiger partial charge in [0.15, 0.2) is 9.84 Å². The average molecular weight is 688 g/mol. The minimum atomic E-state index is -4.39. The SMILES string of the molecule is CCS(=O)(=O)c1ccc([C@H](CO)NC(=O)c2ccc(N3CC(c4ccc(C(F)(F)F)cc4)CC[C@H]3CN3CCOCC3(C)C)cc2)cc1. The molecule has 48 heavy (non-hydrogen) atoms. The number of rotatable bonds is 10. The maximum absolute atomic E-state index is 13.3. The number of piperidine rings is 1. The second-order valence-corrected chi connectivity index (χ2v) is 15.5. The molecule has 0 radical (unpaired) electrons. The Balaban J connectivity index is 1.34. The van der Waals surface area contributed by atoms with E-state index in [0.29, 0.717) is 30.9 Å². The number of aliphatic hydroxyl groups excluding tert-OH is 1. The van der Waals surface area contributed by atoms with E-state index in [1.807, 2.05) is 12.1 Å². The molecule has 0 bridgehead atoms. The monoisotopic (exact) mass is 687 g/mol. The van der Waals surface area contributed by atoms with Gasteiger partial charge in [-0.15, -0.1) is 0 Å². The smallest absolute Gasteiger partial charge is 0.394 e. The van der Waals surface area contributed by atoms with Crippen LogP contribution in [0.5, 0.6) is 0 Å². The van der Waals surface area contributed by atoms with E-state index in [-0.39, 0.29) is 34.8 Å². The third-order valence-corrected chi connectivity index (χ3v) is 11.4. The highest BCUT2D eigenvalue weighted by Gasteiger charge is 2.37. The largest absolute Gasteiger partial charge is 0.416 e. The number of amides is 1. The van der Waals surface area contributed by atoms with Crippen LogP contribution < -0.4 is 10.2 Å². The predicted molar refractivity (Wildman–Crippen MR) is 179 cm³/mol.